The molecular weight excluding hydrogens is 315 g/mol. The summed E-state index contributed by atoms with van der Waals surface area (Å²) in [6.45, 7) is 3.79. The van der Waals surface area contributed by atoms with Crippen LogP contribution in [0.1, 0.15) is 11.1 Å². The lowest BCUT2D eigenvalue weighted by Gasteiger charge is -2.06. The van der Waals surface area contributed by atoms with Gasteiger partial charge in [0.05, 0.1) is 10.2 Å². The number of benzene rings is 2. The maximum atomic E-state index is 13.4. The Morgan fingerprint density at radius 1 is 1.26 bits per heavy atom. The Kier molecular flexibility index (Phi) is 4.25. The van der Waals surface area contributed by atoms with Crippen LogP contribution in [0.5, 0.6) is 5.75 Å². The number of hydrogen-bond donors (Lipinski definition) is 1. The summed E-state index contributed by atoms with van der Waals surface area (Å²) in [4.78, 5) is 16.3. The molecule has 2 aromatic carbocycles. The van der Waals surface area contributed by atoms with E-state index in [-0.39, 0.29) is 18.3 Å². The van der Waals surface area contributed by atoms with E-state index >= 15 is 0 Å². The molecule has 0 atom stereocenters. The zero-order valence-corrected chi connectivity index (χ0v) is 13.5. The average molecular weight is 330 g/mol. The van der Waals surface area contributed by atoms with Crippen molar-refractivity contribution in [1.29, 1.82) is 0 Å². The number of anilines is 1. The topological polar surface area (TPSA) is 51.2 Å². The van der Waals surface area contributed by atoms with E-state index in [4.69, 9.17) is 4.74 Å². The van der Waals surface area contributed by atoms with Crippen LogP contribution < -0.4 is 10.1 Å². The van der Waals surface area contributed by atoms with Gasteiger partial charge >= 0.3 is 0 Å². The summed E-state index contributed by atoms with van der Waals surface area (Å²) in [5.41, 5.74) is 3.19. The second-order valence-electron chi connectivity index (χ2n) is 5.19. The zero-order valence-electron chi connectivity index (χ0n) is 12.7. The van der Waals surface area contributed by atoms with Crippen LogP contribution in [0.15, 0.2) is 36.4 Å². The van der Waals surface area contributed by atoms with Crippen molar-refractivity contribution in [3.63, 3.8) is 0 Å². The van der Waals surface area contributed by atoms with Crippen molar-refractivity contribution in [1.82, 2.24) is 4.98 Å². The van der Waals surface area contributed by atoms with Gasteiger partial charge in [0, 0.05) is 0 Å². The molecule has 1 heterocycles. The number of hydrogen-bond acceptors (Lipinski definition) is 4. The normalized spacial score (nSPS) is 10.7. The number of para-hydroxylation sites is 1. The summed E-state index contributed by atoms with van der Waals surface area (Å²) >= 11 is 1.40. The summed E-state index contributed by atoms with van der Waals surface area (Å²) in [6, 6.07) is 10.0. The third-order valence-electron chi connectivity index (χ3n) is 3.45. The third-order valence-corrected chi connectivity index (χ3v) is 4.38. The first-order valence-electron chi connectivity index (χ1n) is 7.08. The highest BCUT2D eigenvalue weighted by molar-refractivity contribution is 7.22. The molecule has 0 saturated carbocycles. The minimum atomic E-state index is -0.494. The highest BCUT2D eigenvalue weighted by atomic mass is 32.1. The van der Waals surface area contributed by atoms with Gasteiger partial charge in [-0.3, -0.25) is 10.1 Å². The fourth-order valence-electron chi connectivity index (χ4n) is 2.09. The molecule has 0 aliphatic heterocycles. The smallest absolute Gasteiger partial charge is 0.264 e. The van der Waals surface area contributed by atoms with Crippen molar-refractivity contribution in [3.05, 3.63) is 53.3 Å². The molecule has 118 valence electrons. The number of carbonyl (C=O) groups excluding carboxylic acids is 1. The zero-order chi connectivity index (χ0) is 16.4. The molecule has 1 N–H and O–H groups in total. The fraction of sp³-hybridized carbons (Fsp3) is 0.176. The van der Waals surface area contributed by atoms with Gasteiger partial charge < -0.3 is 4.74 Å². The van der Waals surface area contributed by atoms with Crippen LogP contribution in [0.25, 0.3) is 10.2 Å². The SMILES string of the molecule is Cc1cc2nc(NC(=O)COc3ccccc3F)sc2cc1C. The van der Waals surface area contributed by atoms with Crippen LogP contribution in [0.4, 0.5) is 9.52 Å². The van der Waals surface area contributed by atoms with E-state index in [0.29, 0.717) is 5.13 Å². The van der Waals surface area contributed by atoms with Gasteiger partial charge in [0.15, 0.2) is 23.3 Å². The van der Waals surface area contributed by atoms with Gasteiger partial charge in [-0.15, -0.1) is 0 Å². The molecule has 0 aliphatic carbocycles. The number of aromatic nitrogens is 1. The Morgan fingerprint density at radius 3 is 2.78 bits per heavy atom. The number of rotatable bonds is 4. The van der Waals surface area contributed by atoms with Crippen LogP contribution in [-0.2, 0) is 4.79 Å². The Hall–Kier alpha value is -2.47. The van der Waals surface area contributed by atoms with Crippen LogP contribution >= 0.6 is 11.3 Å². The van der Waals surface area contributed by atoms with Gasteiger partial charge in [-0.25, -0.2) is 9.37 Å². The second-order valence-corrected chi connectivity index (χ2v) is 6.22. The number of ether oxygens (including phenoxy) is 1. The first kappa shape index (κ1) is 15.4. The maximum Gasteiger partial charge on any atom is 0.264 e. The first-order chi connectivity index (χ1) is 11.0. The molecule has 6 heteroatoms. The summed E-state index contributed by atoms with van der Waals surface area (Å²) < 4.78 is 19.6. The molecule has 23 heavy (non-hydrogen) atoms. The van der Waals surface area contributed by atoms with E-state index in [1.807, 2.05) is 26.0 Å². The monoisotopic (exact) mass is 330 g/mol. The second kappa shape index (κ2) is 6.34. The largest absolute Gasteiger partial charge is 0.481 e. The lowest BCUT2D eigenvalue weighted by molar-refractivity contribution is -0.118. The van der Waals surface area contributed by atoms with Gasteiger partial charge in [-0.2, -0.15) is 0 Å². The molecule has 0 fully saturated rings. The number of carbonyl (C=O) groups is 1. The van der Waals surface area contributed by atoms with Gasteiger partial charge in [-0.05, 0) is 49.2 Å². The van der Waals surface area contributed by atoms with Crippen LogP contribution in [-0.4, -0.2) is 17.5 Å². The minimum Gasteiger partial charge on any atom is -0.481 e. The van der Waals surface area contributed by atoms with E-state index in [0.717, 1.165) is 15.8 Å². The minimum absolute atomic E-state index is 0.0539. The summed E-state index contributed by atoms with van der Waals surface area (Å²) in [7, 11) is 0. The van der Waals surface area contributed by atoms with E-state index in [2.05, 4.69) is 10.3 Å². The number of nitrogens with zero attached hydrogens (tertiary/aromatic N) is 1. The van der Waals surface area contributed by atoms with Crippen LogP contribution in [0.2, 0.25) is 0 Å². The van der Waals surface area contributed by atoms with Crippen molar-refractivity contribution in [2.75, 3.05) is 11.9 Å². The third kappa shape index (κ3) is 3.48. The lowest BCUT2D eigenvalue weighted by atomic mass is 10.1. The molecule has 0 aliphatic rings. The Bertz CT molecular complexity index is 837. The molecular formula is C17H15FN2O2S. The van der Waals surface area contributed by atoms with Crippen molar-refractivity contribution < 1.29 is 13.9 Å². The molecule has 0 bridgehead atoms. The molecule has 4 nitrogen and oxygen atoms in total. The predicted octanol–water partition coefficient (Wildman–Crippen LogP) is 4.07. The predicted molar refractivity (Wildman–Crippen MR) is 89.6 cm³/mol. The Labute approximate surface area is 136 Å². The summed E-state index contributed by atoms with van der Waals surface area (Å²) in [6.07, 6.45) is 0. The number of amides is 1. The lowest BCUT2D eigenvalue weighted by Crippen LogP contribution is -2.20. The van der Waals surface area contributed by atoms with Crippen molar-refractivity contribution >= 4 is 32.6 Å². The molecule has 1 aromatic heterocycles. The van der Waals surface area contributed by atoms with Gasteiger partial charge in [0.1, 0.15) is 0 Å². The number of aryl methyl sites for hydroxylation is 2. The van der Waals surface area contributed by atoms with Gasteiger partial charge in [-0.1, -0.05) is 23.5 Å². The molecule has 0 spiro atoms. The summed E-state index contributed by atoms with van der Waals surface area (Å²) in [5.74, 6) is -0.815. The number of fused-ring (bicyclic) bond motifs is 1. The number of thiazole rings is 1. The molecule has 0 radical (unpaired) electrons. The van der Waals surface area contributed by atoms with Crippen LogP contribution in [0.3, 0.4) is 0 Å². The van der Waals surface area contributed by atoms with E-state index in [1.54, 1.807) is 12.1 Å². The van der Waals surface area contributed by atoms with E-state index in [9.17, 15) is 9.18 Å². The van der Waals surface area contributed by atoms with Crippen molar-refractivity contribution in [3.8, 4) is 5.75 Å². The molecule has 3 rings (SSSR count). The fourth-order valence-corrected chi connectivity index (χ4v) is 3.06. The average Bonchev–Trinajstić information content (AvgIpc) is 2.88. The van der Waals surface area contributed by atoms with Gasteiger partial charge in [0.2, 0.25) is 0 Å². The number of nitrogens with one attached hydrogen (secondary N) is 1. The molecule has 3 aromatic rings. The maximum absolute atomic E-state index is 13.4. The standard InChI is InChI=1S/C17H15FN2O2S/c1-10-7-13-15(8-11(10)2)23-17(19-13)20-16(21)9-22-14-6-4-3-5-12(14)18/h3-8H,9H2,1-2H3,(H,19,20,21). The quantitative estimate of drug-likeness (QED) is 0.784. The van der Waals surface area contributed by atoms with Crippen LogP contribution in [0, 0.1) is 19.7 Å². The molecule has 0 saturated heterocycles. The Balaban J connectivity index is 1.67. The van der Waals surface area contributed by atoms with Gasteiger partial charge in [0.25, 0.3) is 5.91 Å². The van der Waals surface area contributed by atoms with E-state index in [1.165, 1.54) is 29.0 Å². The molecule has 1 amide bonds. The summed E-state index contributed by atoms with van der Waals surface area (Å²) in [5, 5.41) is 3.19. The van der Waals surface area contributed by atoms with Crippen molar-refractivity contribution in [2.24, 2.45) is 0 Å². The number of halogens is 1. The van der Waals surface area contributed by atoms with E-state index < -0.39 is 5.82 Å². The Morgan fingerprint density at radius 2 is 2.00 bits per heavy atom. The highest BCUT2D eigenvalue weighted by Crippen LogP contribution is 2.28. The van der Waals surface area contributed by atoms with Crippen molar-refractivity contribution in [2.45, 2.75) is 13.8 Å². The first-order valence-corrected chi connectivity index (χ1v) is 7.89. The molecule has 0 unspecified atom stereocenters. The highest BCUT2D eigenvalue weighted by Gasteiger charge is 2.10.